The molecule has 0 fully saturated rings. The van der Waals surface area contributed by atoms with Gasteiger partial charge in [-0.05, 0) is 43.0 Å². The van der Waals surface area contributed by atoms with Crippen molar-refractivity contribution in [3.05, 3.63) is 28.8 Å². The molecule has 0 saturated carbocycles. The molecule has 0 aliphatic rings. The Labute approximate surface area is 104 Å². The third-order valence-corrected chi connectivity index (χ3v) is 2.92. The summed E-state index contributed by atoms with van der Waals surface area (Å²) in [6.45, 7) is 3.76. The number of methoxy groups -OCH3 is 1. The van der Waals surface area contributed by atoms with Crippen LogP contribution in [-0.2, 0) is 11.2 Å². The molecule has 5 heteroatoms. The minimum Gasteiger partial charge on any atom is -0.496 e. The second-order valence-electron chi connectivity index (χ2n) is 4.26. The summed E-state index contributed by atoms with van der Waals surface area (Å²) < 4.78 is 31.1. The van der Waals surface area contributed by atoms with Gasteiger partial charge in [0, 0.05) is 6.42 Å². The fourth-order valence-corrected chi connectivity index (χ4v) is 1.63. The van der Waals surface area contributed by atoms with E-state index in [1.807, 2.05) is 13.8 Å². The summed E-state index contributed by atoms with van der Waals surface area (Å²) in [7, 11) is 1.46. The van der Waals surface area contributed by atoms with E-state index >= 15 is 0 Å². The van der Waals surface area contributed by atoms with E-state index in [0.717, 1.165) is 11.1 Å². The second kappa shape index (κ2) is 5.33. The van der Waals surface area contributed by atoms with Crippen molar-refractivity contribution in [3.8, 4) is 5.75 Å². The zero-order valence-electron chi connectivity index (χ0n) is 10.6. The van der Waals surface area contributed by atoms with Gasteiger partial charge in [0.05, 0.1) is 7.11 Å². The third kappa shape index (κ3) is 3.18. The molecule has 0 heterocycles. The van der Waals surface area contributed by atoms with E-state index in [2.05, 4.69) is 0 Å². The minimum absolute atomic E-state index is 0.0381. The van der Waals surface area contributed by atoms with Gasteiger partial charge >= 0.3 is 11.9 Å². The van der Waals surface area contributed by atoms with Gasteiger partial charge in [-0.1, -0.05) is 6.07 Å². The van der Waals surface area contributed by atoms with Crippen LogP contribution < -0.4 is 4.74 Å². The maximum Gasteiger partial charge on any atom is 0.374 e. The predicted octanol–water partition coefficient (Wildman–Crippen LogP) is 2.96. The van der Waals surface area contributed by atoms with Crippen molar-refractivity contribution < 1.29 is 23.4 Å². The molecular weight excluding hydrogens is 242 g/mol. The fraction of sp³-hybridized carbons (Fsp3) is 0.462. The monoisotopic (exact) mass is 258 g/mol. The lowest BCUT2D eigenvalue weighted by Crippen LogP contribution is -2.28. The van der Waals surface area contributed by atoms with Crippen LogP contribution >= 0.6 is 0 Å². The van der Waals surface area contributed by atoms with Crippen LogP contribution in [0.2, 0.25) is 0 Å². The van der Waals surface area contributed by atoms with Gasteiger partial charge in [0.2, 0.25) is 0 Å². The van der Waals surface area contributed by atoms with Crippen molar-refractivity contribution in [1.29, 1.82) is 0 Å². The minimum atomic E-state index is -3.70. The fourth-order valence-electron chi connectivity index (χ4n) is 1.63. The van der Waals surface area contributed by atoms with Crippen molar-refractivity contribution in [1.82, 2.24) is 0 Å². The van der Waals surface area contributed by atoms with Crippen LogP contribution in [0.4, 0.5) is 8.78 Å². The number of aliphatic carboxylic acids is 1. The van der Waals surface area contributed by atoms with Gasteiger partial charge in [-0.3, -0.25) is 0 Å². The van der Waals surface area contributed by atoms with Crippen LogP contribution in [0.3, 0.4) is 0 Å². The van der Waals surface area contributed by atoms with Crippen LogP contribution in [0, 0.1) is 13.8 Å². The molecular formula is C13H16F2O3. The molecule has 18 heavy (non-hydrogen) atoms. The van der Waals surface area contributed by atoms with E-state index in [1.54, 1.807) is 12.1 Å². The Morgan fingerprint density at radius 3 is 2.39 bits per heavy atom. The molecule has 0 bridgehead atoms. The molecule has 1 aromatic rings. The number of alkyl halides is 2. The summed E-state index contributed by atoms with van der Waals surface area (Å²) in [6.07, 6.45) is -0.773. The van der Waals surface area contributed by atoms with E-state index in [1.165, 1.54) is 7.11 Å². The molecule has 1 N–H and O–H groups in total. The lowest BCUT2D eigenvalue weighted by Gasteiger charge is -2.14. The van der Waals surface area contributed by atoms with E-state index in [4.69, 9.17) is 9.84 Å². The Morgan fingerprint density at radius 1 is 1.33 bits per heavy atom. The molecule has 0 radical (unpaired) electrons. The van der Waals surface area contributed by atoms with E-state index in [9.17, 15) is 13.6 Å². The van der Waals surface area contributed by atoms with Gasteiger partial charge in [0.25, 0.3) is 0 Å². The van der Waals surface area contributed by atoms with Gasteiger partial charge in [-0.2, -0.15) is 8.78 Å². The lowest BCUT2D eigenvalue weighted by molar-refractivity contribution is -0.165. The van der Waals surface area contributed by atoms with Gasteiger partial charge in [-0.25, -0.2) is 4.79 Å². The van der Waals surface area contributed by atoms with Crippen LogP contribution in [0.15, 0.2) is 12.1 Å². The predicted molar refractivity (Wildman–Crippen MR) is 63.4 cm³/mol. The number of hydrogen-bond acceptors (Lipinski definition) is 2. The Kier molecular flexibility index (Phi) is 4.27. The Hall–Kier alpha value is -1.65. The summed E-state index contributed by atoms with van der Waals surface area (Å²) in [5, 5.41) is 8.36. The molecule has 0 aromatic heterocycles. The van der Waals surface area contributed by atoms with Gasteiger partial charge < -0.3 is 9.84 Å². The Morgan fingerprint density at radius 2 is 1.89 bits per heavy atom. The van der Waals surface area contributed by atoms with E-state index < -0.39 is 18.3 Å². The average molecular weight is 258 g/mol. The number of aryl methyl sites for hydroxylation is 3. The number of halogens is 2. The maximum absolute atomic E-state index is 13.0. The molecule has 3 nitrogen and oxygen atoms in total. The van der Waals surface area contributed by atoms with Crippen molar-refractivity contribution >= 4 is 5.97 Å². The first-order valence-electron chi connectivity index (χ1n) is 5.53. The molecule has 0 amide bonds. The van der Waals surface area contributed by atoms with Crippen LogP contribution in [0.5, 0.6) is 5.75 Å². The first kappa shape index (κ1) is 14.4. The normalized spacial score (nSPS) is 11.4. The first-order chi connectivity index (χ1) is 8.27. The maximum atomic E-state index is 13.0. The van der Waals surface area contributed by atoms with Gasteiger partial charge in [0.15, 0.2) is 0 Å². The summed E-state index contributed by atoms with van der Waals surface area (Å²) in [4.78, 5) is 10.3. The highest BCUT2D eigenvalue weighted by molar-refractivity contribution is 5.75. The zero-order chi connectivity index (χ0) is 13.9. The number of carboxylic acid groups (broad SMARTS) is 1. The summed E-state index contributed by atoms with van der Waals surface area (Å²) in [6, 6.07) is 3.52. The van der Waals surface area contributed by atoms with Crippen LogP contribution in [0.1, 0.15) is 23.1 Å². The number of ether oxygens (including phenoxy) is 1. The Balaban J connectivity index is 2.91. The molecule has 100 valence electrons. The van der Waals surface area contributed by atoms with E-state index in [0.29, 0.717) is 11.3 Å². The number of hydrogen-bond donors (Lipinski definition) is 1. The highest BCUT2D eigenvalue weighted by atomic mass is 19.3. The zero-order valence-corrected chi connectivity index (χ0v) is 10.6. The molecule has 0 saturated heterocycles. The third-order valence-electron chi connectivity index (χ3n) is 2.92. The summed E-state index contributed by atoms with van der Waals surface area (Å²) in [5.74, 6) is -5.28. The SMILES string of the molecule is COc1cc(C)c(C)cc1CCC(F)(F)C(=O)O. The van der Waals surface area contributed by atoms with Crippen LogP contribution in [0.25, 0.3) is 0 Å². The van der Waals surface area contributed by atoms with Crippen LogP contribution in [-0.4, -0.2) is 24.1 Å². The largest absolute Gasteiger partial charge is 0.496 e. The molecule has 0 spiro atoms. The number of carbonyl (C=O) groups is 1. The summed E-state index contributed by atoms with van der Waals surface area (Å²) in [5.41, 5.74) is 2.56. The highest BCUT2D eigenvalue weighted by Crippen LogP contribution is 2.28. The molecule has 0 aliphatic heterocycles. The van der Waals surface area contributed by atoms with Crippen molar-refractivity contribution in [2.75, 3.05) is 7.11 Å². The van der Waals surface area contributed by atoms with E-state index in [-0.39, 0.29) is 6.42 Å². The first-order valence-corrected chi connectivity index (χ1v) is 5.53. The molecule has 1 rings (SSSR count). The molecule has 0 unspecified atom stereocenters. The summed E-state index contributed by atoms with van der Waals surface area (Å²) >= 11 is 0. The van der Waals surface area contributed by atoms with Gasteiger partial charge in [0.1, 0.15) is 5.75 Å². The average Bonchev–Trinajstić information content (AvgIpc) is 2.30. The Bertz CT molecular complexity index is 456. The van der Waals surface area contributed by atoms with Crippen molar-refractivity contribution in [2.24, 2.45) is 0 Å². The molecule has 0 atom stereocenters. The number of benzene rings is 1. The quantitative estimate of drug-likeness (QED) is 0.883. The number of carboxylic acids is 1. The van der Waals surface area contributed by atoms with Gasteiger partial charge in [-0.15, -0.1) is 0 Å². The second-order valence-corrected chi connectivity index (χ2v) is 4.26. The topological polar surface area (TPSA) is 46.5 Å². The molecule has 1 aromatic carbocycles. The smallest absolute Gasteiger partial charge is 0.374 e. The highest BCUT2D eigenvalue weighted by Gasteiger charge is 2.38. The lowest BCUT2D eigenvalue weighted by atomic mass is 10.00. The molecule has 0 aliphatic carbocycles. The van der Waals surface area contributed by atoms with Crippen molar-refractivity contribution in [3.63, 3.8) is 0 Å². The van der Waals surface area contributed by atoms with Crippen molar-refractivity contribution in [2.45, 2.75) is 32.6 Å². The standard InChI is InChI=1S/C13H16F2O3/c1-8-6-10(11(18-3)7-9(8)2)4-5-13(14,15)12(16)17/h6-7H,4-5H2,1-3H3,(H,16,17). The number of rotatable bonds is 5.